The number of hydrogen-bond donors (Lipinski definition) is 1. The second-order valence-electron chi connectivity index (χ2n) is 4.04. The predicted octanol–water partition coefficient (Wildman–Crippen LogP) is 2.02. The van der Waals surface area contributed by atoms with Crippen LogP contribution in [0.2, 0.25) is 0 Å². The van der Waals surface area contributed by atoms with Gasteiger partial charge in [0, 0.05) is 18.8 Å². The largest absolute Gasteiger partial charge is 0.494 e. The number of rotatable bonds is 6. The summed E-state index contributed by atoms with van der Waals surface area (Å²) in [6.07, 6.45) is 0. The van der Waals surface area contributed by atoms with Gasteiger partial charge in [0.2, 0.25) is 10.0 Å². The van der Waals surface area contributed by atoms with Gasteiger partial charge < -0.3 is 4.74 Å². The third kappa shape index (κ3) is 3.90. The third-order valence-corrected chi connectivity index (χ3v) is 4.37. The van der Waals surface area contributed by atoms with E-state index in [2.05, 4.69) is 12.6 Å². The zero-order valence-corrected chi connectivity index (χ0v) is 12.5. The summed E-state index contributed by atoms with van der Waals surface area (Å²) >= 11 is 4.20. The molecule has 1 unspecified atom stereocenters. The van der Waals surface area contributed by atoms with Crippen LogP contribution in [0.1, 0.15) is 13.8 Å². The lowest BCUT2D eigenvalue weighted by molar-refractivity contribution is 0.340. The molecule has 1 rings (SSSR count). The van der Waals surface area contributed by atoms with E-state index < -0.39 is 10.0 Å². The first kappa shape index (κ1) is 15.3. The molecule has 1 atom stereocenters. The van der Waals surface area contributed by atoms with Crippen molar-refractivity contribution in [1.29, 1.82) is 0 Å². The normalized spacial score (nSPS) is 13.6. The molecule has 0 heterocycles. The maximum atomic E-state index is 12.2. The van der Waals surface area contributed by atoms with E-state index in [0.717, 1.165) is 0 Å². The summed E-state index contributed by atoms with van der Waals surface area (Å²) in [6.45, 7) is 4.67. The maximum Gasteiger partial charge on any atom is 0.242 e. The molecule has 6 heteroatoms. The molecule has 4 nitrogen and oxygen atoms in total. The lowest BCUT2D eigenvalue weighted by Gasteiger charge is -2.18. The fraction of sp³-hybridized carbons (Fsp3) is 0.500. The fourth-order valence-electron chi connectivity index (χ4n) is 1.52. The highest BCUT2D eigenvalue weighted by Gasteiger charge is 2.21. The Morgan fingerprint density at radius 3 is 2.33 bits per heavy atom. The molecule has 0 spiro atoms. The molecule has 0 aliphatic carbocycles. The zero-order chi connectivity index (χ0) is 13.8. The van der Waals surface area contributed by atoms with E-state index in [4.69, 9.17) is 4.74 Å². The maximum absolute atomic E-state index is 12.2. The second-order valence-corrected chi connectivity index (χ2v) is 6.97. The van der Waals surface area contributed by atoms with Crippen molar-refractivity contribution in [3.63, 3.8) is 0 Å². The van der Waals surface area contributed by atoms with Crippen molar-refractivity contribution in [1.82, 2.24) is 4.31 Å². The van der Waals surface area contributed by atoms with Crippen LogP contribution < -0.4 is 4.74 Å². The Hall–Kier alpha value is -0.720. The summed E-state index contributed by atoms with van der Waals surface area (Å²) < 4.78 is 31.0. The number of hydrogen-bond acceptors (Lipinski definition) is 4. The molecule has 0 saturated heterocycles. The van der Waals surface area contributed by atoms with Crippen molar-refractivity contribution < 1.29 is 13.2 Å². The molecule has 1 aromatic rings. The van der Waals surface area contributed by atoms with Gasteiger partial charge in [-0.3, -0.25) is 0 Å². The lowest BCUT2D eigenvalue weighted by Crippen LogP contribution is -2.31. The quantitative estimate of drug-likeness (QED) is 0.815. The van der Waals surface area contributed by atoms with E-state index >= 15 is 0 Å². The van der Waals surface area contributed by atoms with Gasteiger partial charge in [0.25, 0.3) is 0 Å². The minimum Gasteiger partial charge on any atom is -0.494 e. The molecule has 18 heavy (non-hydrogen) atoms. The lowest BCUT2D eigenvalue weighted by atomic mass is 10.3. The van der Waals surface area contributed by atoms with Gasteiger partial charge in [-0.25, -0.2) is 8.42 Å². The van der Waals surface area contributed by atoms with Crippen LogP contribution in [0.3, 0.4) is 0 Å². The molecular formula is C12H19NO3S2. The van der Waals surface area contributed by atoms with Gasteiger partial charge in [-0.2, -0.15) is 16.9 Å². The Kier molecular flexibility index (Phi) is 5.49. The van der Waals surface area contributed by atoms with Gasteiger partial charge in [-0.1, -0.05) is 6.92 Å². The van der Waals surface area contributed by atoms with Crippen LogP contribution in [0.4, 0.5) is 0 Å². The predicted molar refractivity (Wildman–Crippen MR) is 75.9 cm³/mol. The van der Waals surface area contributed by atoms with Gasteiger partial charge in [-0.05, 0) is 31.2 Å². The van der Waals surface area contributed by atoms with Crippen LogP contribution in [0.5, 0.6) is 5.75 Å². The summed E-state index contributed by atoms with van der Waals surface area (Å²) in [5.41, 5.74) is 0. The smallest absolute Gasteiger partial charge is 0.242 e. The molecule has 102 valence electrons. The van der Waals surface area contributed by atoms with E-state index in [-0.39, 0.29) is 10.1 Å². The molecule has 0 saturated carbocycles. The summed E-state index contributed by atoms with van der Waals surface area (Å²) in [5.74, 6) is 0.668. The number of ether oxygens (including phenoxy) is 1. The summed E-state index contributed by atoms with van der Waals surface area (Å²) in [5, 5.41) is -0.00697. The van der Waals surface area contributed by atoms with Crippen molar-refractivity contribution >= 4 is 22.7 Å². The molecule has 0 fully saturated rings. The van der Waals surface area contributed by atoms with Crippen LogP contribution in [0.15, 0.2) is 29.2 Å². The van der Waals surface area contributed by atoms with Crippen LogP contribution in [0.25, 0.3) is 0 Å². The van der Waals surface area contributed by atoms with Crippen molar-refractivity contribution in [3.05, 3.63) is 24.3 Å². The Labute approximate surface area is 114 Å². The first-order valence-corrected chi connectivity index (χ1v) is 7.71. The Morgan fingerprint density at radius 2 is 1.89 bits per heavy atom. The molecule has 0 aliphatic heterocycles. The second kappa shape index (κ2) is 6.45. The topological polar surface area (TPSA) is 46.6 Å². The van der Waals surface area contributed by atoms with Gasteiger partial charge in [0.05, 0.1) is 11.5 Å². The van der Waals surface area contributed by atoms with Gasteiger partial charge in [0.1, 0.15) is 5.75 Å². The number of sulfonamides is 1. The number of nitrogens with zero attached hydrogens (tertiary/aromatic N) is 1. The fourth-order valence-corrected chi connectivity index (χ4v) is 3.14. The summed E-state index contributed by atoms with van der Waals surface area (Å²) in [4.78, 5) is 0.266. The van der Waals surface area contributed by atoms with Crippen LogP contribution >= 0.6 is 12.6 Å². The SMILES string of the molecule is CCOc1ccc(S(=O)(=O)N(C)CC(C)S)cc1. The Morgan fingerprint density at radius 1 is 1.33 bits per heavy atom. The van der Waals surface area contributed by atoms with Crippen molar-refractivity contribution in [2.75, 3.05) is 20.2 Å². The van der Waals surface area contributed by atoms with E-state index in [1.807, 2.05) is 13.8 Å². The number of benzene rings is 1. The standard InChI is InChI=1S/C12H19NO3S2/c1-4-16-11-5-7-12(8-6-11)18(14,15)13(3)9-10(2)17/h5-8,10,17H,4,9H2,1-3H3. The first-order chi connectivity index (χ1) is 8.37. The minimum atomic E-state index is -3.44. The molecule has 1 aromatic carbocycles. The van der Waals surface area contributed by atoms with Crippen molar-refractivity contribution in [3.8, 4) is 5.75 Å². The van der Waals surface area contributed by atoms with E-state index in [1.165, 1.54) is 4.31 Å². The Balaban J connectivity index is 2.91. The number of thiol groups is 1. The molecule has 0 N–H and O–H groups in total. The van der Waals surface area contributed by atoms with Crippen molar-refractivity contribution in [2.24, 2.45) is 0 Å². The average Bonchev–Trinajstić information content (AvgIpc) is 2.29. The molecule has 0 radical (unpaired) electrons. The van der Waals surface area contributed by atoms with Gasteiger partial charge in [0.15, 0.2) is 0 Å². The van der Waals surface area contributed by atoms with Crippen molar-refractivity contribution in [2.45, 2.75) is 24.0 Å². The zero-order valence-electron chi connectivity index (χ0n) is 10.8. The highest BCUT2D eigenvalue weighted by molar-refractivity contribution is 7.89. The molecule has 0 bridgehead atoms. The van der Waals surface area contributed by atoms with E-state index in [9.17, 15) is 8.42 Å². The van der Waals surface area contributed by atoms with Crippen LogP contribution in [-0.4, -0.2) is 38.2 Å². The van der Waals surface area contributed by atoms with Gasteiger partial charge >= 0.3 is 0 Å². The summed E-state index contributed by atoms with van der Waals surface area (Å²) in [6, 6.07) is 6.43. The molecule has 0 amide bonds. The van der Waals surface area contributed by atoms with Crippen LogP contribution in [0, 0.1) is 0 Å². The molecule has 0 aliphatic rings. The Bertz CT molecular complexity index is 469. The minimum absolute atomic E-state index is 0.00697. The molecular weight excluding hydrogens is 270 g/mol. The van der Waals surface area contributed by atoms with E-state index in [1.54, 1.807) is 31.3 Å². The highest BCUT2D eigenvalue weighted by Crippen LogP contribution is 2.19. The third-order valence-electron chi connectivity index (χ3n) is 2.36. The van der Waals surface area contributed by atoms with Crippen LogP contribution in [-0.2, 0) is 10.0 Å². The van der Waals surface area contributed by atoms with Gasteiger partial charge in [-0.15, -0.1) is 0 Å². The average molecular weight is 289 g/mol. The monoisotopic (exact) mass is 289 g/mol. The highest BCUT2D eigenvalue weighted by atomic mass is 32.2. The van der Waals surface area contributed by atoms with E-state index in [0.29, 0.717) is 18.9 Å². The first-order valence-electron chi connectivity index (χ1n) is 5.75. The summed E-state index contributed by atoms with van der Waals surface area (Å²) in [7, 11) is -1.88. The molecule has 0 aromatic heterocycles.